The first-order valence-corrected chi connectivity index (χ1v) is 9.76. The lowest BCUT2D eigenvalue weighted by atomic mass is 9.81. The molecule has 1 aromatic heterocycles. The largest absolute Gasteiger partial charge is 0.460 e. The topological polar surface area (TPSA) is 90.7 Å². The summed E-state index contributed by atoms with van der Waals surface area (Å²) < 4.78 is 11.2. The molecule has 0 fully saturated rings. The van der Waals surface area contributed by atoms with Crippen LogP contribution in [0.5, 0.6) is 5.75 Å². The van der Waals surface area contributed by atoms with Gasteiger partial charge in [-0.05, 0) is 31.0 Å². The van der Waals surface area contributed by atoms with E-state index < -0.39 is 11.8 Å². The number of hydrogen-bond donors (Lipinski definition) is 0. The van der Waals surface area contributed by atoms with Crippen molar-refractivity contribution in [3.8, 4) is 5.75 Å². The molecule has 0 saturated heterocycles. The third-order valence-electron chi connectivity index (χ3n) is 5.54. The van der Waals surface area contributed by atoms with E-state index in [1.165, 1.54) is 25.1 Å². The Morgan fingerprint density at radius 1 is 1.07 bits per heavy atom. The Bertz CT molecular complexity index is 1310. The van der Waals surface area contributed by atoms with Crippen LogP contribution in [-0.4, -0.2) is 17.5 Å². The Hall–Kier alpha value is -3.54. The van der Waals surface area contributed by atoms with Gasteiger partial charge in [0.15, 0.2) is 11.2 Å². The number of ketones is 2. The van der Waals surface area contributed by atoms with Crippen molar-refractivity contribution in [1.82, 2.24) is 0 Å². The molecule has 3 aromatic rings. The van der Waals surface area contributed by atoms with Crippen LogP contribution in [0, 0.1) is 6.92 Å². The third kappa shape index (κ3) is 2.87. The molecular weight excluding hydrogens is 384 g/mol. The van der Waals surface area contributed by atoms with E-state index in [2.05, 4.69) is 0 Å². The highest BCUT2D eigenvalue weighted by atomic mass is 16.5. The van der Waals surface area contributed by atoms with Crippen molar-refractivity contribution in [3.63, 3.8) is 0 Å². The van der Waals surface area contributed by atoms with Crippen LogP contribution in [0.4, 0.5) is 0 Å². The van der Waals surface area contributed by atoms with Crippen LogP contribution in [0.2, 0.25) is 0 Å². The number of fused-ring (bicyclic) bond motifs is 4. The van der Waals surface area contributed by atoms with Crippen molar-refractivity contribution < 1.29 is 23.5 Å². The Balaban J connectivity index is 2.09. The average molecular weight is 404 g/mol. The highest BCUT2D eigenvalue weighted by Crippen LogP contribution is 2.38. The fourth-order valence-corrected chi connectivity index (χ4v) is 3.86. The van der Waals surface area contributed by atoms with E-state index in [9.17, 15) is 19.2 Å². The molecule has 1 aliphatic carbocycles. The molecule has 0 saturated carbocycles. The number of aryl methyl sites for hydroxylation is 1. The lowest BCUT2D eigenvalue weighted by molar-refractivity contribution is -0.131. The summed E-state index contributed by atoms with van der Waals surface area (Å²) in [5, 5.41) is 0.273. The summed E-state index contributed by atoms with van der Waals surface area (Å²) in [6.45, 7) is 6.83. The number of hydrogen-bond acceptors (Lipinski definition) is 6. The van der Waals surface area contributed by atoms with Gasteiger partial charge in [0, 0.05) is 30.0 Å². The minimum atomic E-state index is -0.603. The molecule has 0 N–H and O–H groups in total. The number of rotatable bonds is 3. The molecule has 0 bridgehead atoms. The van der Waals surface area contributed by atoms with Gasteiger partial charge >= 0.3 is 5.97 Å². The summed E-state index contributed by atoms with van der Waals surface area (Å²) >= 11 is 0. The van der Waals surface area contributed by atoms with Gasteiger partial charge in [-0.1, -0.05) is 26.0 Å². The highest BCUT2D eigenvalue weighted by Gasteiger charge is 2.36. The molecular formula is C24H20O6. The number of benzene rings is 2. The summed E-state index contributed by atoms with van der Waals surface area (Å²) in [7, 11) is 0. The first-order chi connectivity index (χ1) is 14.2. The first kappa shape index (κ1) is 19.8. The van der Waals surface area contributed by atoms with Crippen molar-refractivity contribution in [2.75, 3.05) is 0 Å². The van der Waals surface area contributed by atoms with Crippen LogP contribution < -0.4 is 10.2 Å². The maximum atomic E-state index is 13.5. The van der Waals surface area contributed by atoms with E-state index in [4.69, 9.17) is 9.15 Å². The van der Waals surface area contributed by atoms with Gasteiger partial charge < -0.3 is 9.15 Å². The zero-order valence-electron chi connectivity index (χ0n) is 17.1. The number of ether oxygens (including phenoxy) is 1. The van der Waals surface area contributed by atoms with Crippen LogP contribution in [-0.2, 0) is 4.79 Å². The summed E-state index contributed by atoms with van der Waals surface area (Å²) in [5.74, 6) is -1.05. The maximum absolute atomic E-state index is 13.5. The van der Waals surface area contributed by atoms with Gasteiger partial charge in [0.25, 0.3) is 0 Å². The predicted molar refractivity (Wildman–Crippen MR) is 111 cm³/mol. The number of esters is 1. The van der Waals surface area contributed by atoms with Crippen molar-refractivity contribution in [3.05, 3.63) is 74.1 Å². The van der Waals surface area contributed by atoms with Crippen LogP contribution in [0.1, 0.15) is 76.3 Å². The minimum Gasteiger partial charge on any atom is -0.460 e. The lowest BCUT2D eigenvalue weighted by Crippen LogP contribution is -2.24. The molecule has 6 heteroatoms. The first-order valence-electron chi connectivity index (χ1n) is 9.76. The van der Waals surface area contributed by atoms with Gasteiger partial charge in [-0.25, -0.2) is 0 Å². The highest BCUT2D eigenvalue weighted by molar-refractivity contribution is 6.32. The van der Waals surface area contributed by atoms with Gasteiger partial charge in [0.05, 0.1) is 16.5 Å². The normalized spacial score (nSPS) is 13.7. The minimum absolute atomic E-state index is 0.00643. The second-order valence-corrected chi connectivity index (χ2v) is 7.57. The van der Waals surface area contributed by atoms with Crippen molar-refractivity contribution in [2.24, 2.45) is 0 Å². The Morgan fingerprint density at radius 2 is 1.80 bits per heavy atom. The molecule has 0 aliphatic heterocycles. The summed E-state index contributed by atoms with van der Waals surface area (Å²) in [5.41, 5.74) is 0.795. The van der Waals surface area contributed by atoms with E-state index in [0.29, 0.717) is 11.3 Å². The Labute approximate surface area is 172 Å². The molecule has 1 atom stereocenters. The molecule has 152 valence electrons. The SMILES string of the molecule is CCC(C)c1cc(=O)c2c(C)cc3c(c2o1)C(=O)c1c(OC(C)=O)cccc1C3=O. The van der Waals surface area contributed by atoms with Crippen LogP contribution in [0.15, 0.2) is 39.5 Å². The zero-order chi connectivity index (χ0) is 21.7. The molecule has 1 unspecified atom stereocenters. The smallest absolute Gasteiger partial charge is 0.308 e. The van der Waals surface area contributed by atoms with Crippen molar-refractivity contribution >= 4 is 28.5 Å². The fraction of sp³-hybridized carbons (Fsp3) is 0.250. The van der Waals surface area contributed by atoms with E-state index in [-0.39, 0.29) is 56.1 Å². The van der Waals surface area contributed by atoms with Crippen LogP contribution in [0.3, 0.4) is 0 Å². The molecule has 1 heterocycles. The standard InChI is InChI=1S/C24H20O6/c1-5-11(2)18-10-16(26)19-12(3)9-15-21(24(19)30-18)23(28)20-14(22(15)27)7-6-8-17(20)29-13(4)25/h6-11H,5H2,1-4H3. The van der Waals surface area contributed by atoms with E-state index in [1.54, 1.807) is 19.1 Å². The maximum Gasteiger partial charge on any atom is 0.308 e. The molecule has 0 radical (unpaired) electrons. The average Bonchev–Trinajstić information content (AvgIpc) is 2.70. The lowest BCUT2D eigenvalue weighted by Gasteiger charge is -2.21. The van der Waals surface area contributed by atoms with Crippen molar-refractivity contribution in [2.45, 2.75) is 40.0 Å². The molecule has 6 nitrogen and oxygen atoms in total. The fourth-order valence-electron chi connectivity index (χ4n) is 3.86. The quantitative estimate of drug-likeness (QED) is 0.373. The third-order valence-corrected chi connectivity index (χ3v) is 5.54. The van der Waals surface area contributed by atoms with Gasteiger partial charge in [-0.3, -0.25) is 19.2 Å². The van der Waals surface area contributed by atoms with Crippen LogP contribution >= 0.6 is 0 Å². The Kier molecular flexibility index (Phi) is 4.65. The van der Waals surface area contributed by atoms with Gasteiger partial charge in [-0.2, -0.15) is 0 Å². The van der Waals surface area contributed by atoms with Gasteiger partial charge in [0.1, 0.15) is 17.1 Å². The molecule has 30 heavy (non-hydrogen) atoms. The second kappa shape index (κ2) is 7.06. The predicted octanol–water partition coefficient (Wildman–Crippen LogP) is 4.32. The second-order valence-electron chi connectivity index (χ2n) is 7.57. The molecule has 2 aromatic carbocycles. The molecule has 0 amide bonds. The number of carbonyl (C=O) groups is 3. The molecule has 4 rings (SSSR count). The summed E-state index contributed by atoms with van der Waals surface area (Å²) in [6, 6.07) is 7.55. The van der Waals surface area contributed by atoms with E-state index >= 15 is 0 Å². The van der Waals surface area contributed by atoms with E-state index in [0.717, 1.165) is 6.42 Å². The zero-order valence-corrected chi connectivity index (χ0v) is 17.1. The monoisotopic (exact) mass is 404 g/mol. The number of carbonyl (C=O) groups excluding carboxylic acids is 3. The molecule has 1 aliphatic rings. The summed E-state index contributed by atoms with van der Waals surface area (Å²) in [6.07, 6.45) is 0.745. The van der Waals surface area contributed by atoms with Gasteiger partial charge in [0.2, 0.25) is 5.78 Å². The summed E-state index contributed by atoms with van der Waals surface area (Å²) in [4.78, 5) is 51.1. The van der Waals surface area contributed by atoms with Crippen molar-refractivity contribution in [1.29, 1.82) is 0 Å². The Morgan fingerprint density at radius 3 is 2.47 bits per heavy atom. The van der Waals surface area contributed by atoms with Gasteiger partial charge in [-0.15, -0.1) is 0 Å². The molecule has 0 spiro atoms. The van der Waals surface area contributed by atoms with Crippen LogP contribution in [0.25, 0.3) is 11.0 Å². The van der Waals surface area contributed by atoms with E-state index in [1.807, 2.05) is 13.8 Å².